The van der Waals surface area contributed by atoms with E-state index in [1.165, 1.54) is 18.3 Å². The van der Waals surface area contributed by atoms with E-state index in [4.69, 9.17) is 10.2 Å². The van der Waals surface area contributed by atoms with Crippen molar-refractivity contribution in [3.8, 4) is 5.69 Å². The summed E-state index contributed by atoms with van der Waals surface area (Å²) < 4.78 is 20.4. The largest absolute Gasteiger partial charge is 0.443 e. The highest BCUT2D eigenvalue weighted by molar-refractivity contribution is 6.06. The minimum absolute atomic E-state index is 0.0343. The Bertz CT molecular complexity index is 1280. The highest BCUT2D eigenvalue weighted by Crippen LogP contribution is 2.23. The van der Waals surface area contributed by atoms with Crippen molar-refractivity contribution in [3.63, 3.8) is 0 Å². The molecule has 0 radical (unpaired) electrons. The molecular formula is C21H19FN6O3. The normalized spacial score (nSPS) is 12.1. The van der Waals surface area contributed by atoms with Crippen molar-refractivity contribution < 1.29 is 18.4 Å². The number of aromatic nitrogens is 4. The lowest BCUT2D eigenvalue weighted by Crippen LogP contribution is -2.28. The van der Waals surface area contributed by atoms with E-state index < -0.39 is 17.9 Å². The molecule has 10 heteroatoms. The summed E-state index contributed by atoms with van der Waals surface area (Å²) in [7, 11) is 0. The van der Waals surface area contributed by atoms with Crippen LogP contribution >= 0.6 is 0 Å². The molecule has 1 atom stereocenters. The number of rotatable bonds is 6. The Hall–Kier alpha value is -4.08. The molecule has 0 fully saturated rings. The van der Waals surface area contributed by atoms with Crippen LogP contribution in [0.15, 0.2) is 47.3 Å². The van der Waals surface area contributed by atoms with Gasteiger partial charge in [0, 0.05) is 11.6 Å². The molecule has 0 saturated carbocycles. The molecule has 3 aromatic heterocycles. The van der Waals surface area contributed by atoms with E-state index in [0.29, 0.717) is 34.3 Å². The number of carbonyl (C=O) groups excluding carboxylic acids is 2. The van der Waals surface area contributed by atoms with Crippen LogP contribution in [0.1, 0.15) is 51.9 Å². The lowest BCUT2D eigenvalue weighted by molar-refractivity contribution is 0.0929. The fourth-order valence-electron chi connectivity index (χ4n) is 3.28. The molecule has 2 amide bonds. The number of hydrogen-bond donors (Lipinski definition) is 2. The Kier molecular flexibility index (Phi) is 5.20. The first-order valence-corrected chi connectivity index (χ1v) is 9.54. The van der Waals surface area contributed by atoms with Crippen LogP contribution in [-0.4, -0.2) is 31.6 Å². The summed E-state index contributed by atoms with van der Waals surface area (Å²) in [5.41, 5.74) is 6.87. The number of nitrogens with two attached hydrogens (primary N) is 1. The number of oxazole rings is 1. The van der Waals surface area contributed by atoms with Crippen molar-refractivity contribution in [2.45, 2.75) is 26.3 Å². The third-order valence-corrected chi connectivity index (χ3v) is 4.87. The molecule has 9 nitrogen and oxygen atoms in total. The fourth-order valence-corrected chi connectivity index (χ4v) is 3.28. The minimum atomic E-state index is -0.698. The van der Waals surface area contributed by atoms with Crippen molar-refractivity contribution in [2.75, 3.05) is 0 Å². The SMILES string of the molecule is CCC(NC(=O)c1cncc2c1cnn2-c1ccc(F)cc1)c1nc(C(N)=O)c(C)o1. The minimum Gasteiger partial charge on any atom is -0.443 e. The molecule has 3 N–H and O–H groups in total. The summed E-state index contributed by atoms with van der Waals surface area (Å²) in [4.78, 5) is 32.7. The summed E-state index contributed by atoms with van der Waals surface area (Å²) in [6, 6.07) is 5.27. The van der Waals surface area contributed by atoms with E-state index >= 15 is 0 Å². The van der Waals surface area contributed by atoms with Crippen molar-refractivity contribution in [3.05, 3.63) is 71.6 Å². The summed E-state index contributed by atoms with van der Waals surface area (Å²) in [6.45, 7) is 3.43. The van der Waals surface area contributed by atoms with Gasteiger partial charge in [0.25, 0.3) is 11.8 Å². The molecule has 3 heterocycles. The number of nitrogens with one attached hydrogen (secondary N) is 1. The Labute approximate surface area is 176 Å². The number of primary amides is 1. The molecule has 31 heavy (non-hydrogen) atoms. The quantitative estimate of drug-likeness (QED) is 0.492. The van der Waals surface area contributed by atoms with E-state index in [2.05, 4.69) is 20.4 Å². The molecule has 1 aromatic carbocycles. The molecule has 0 aliphatic carbocycles. The average Bonchev–Trinajstić information content (AvgIpc) is 3.36. The average molecular weight is 422 g/mol. The second-order valence-corrected chi connectivity index (χ2v) is 6.91. The Morgan fingerprint density at radius 2 is 1.97 bits per heavy atom. The number of nitrogens with zero attached hydrogens (tertiary/aromatic N) is 4. The molecule has 4 aromatic rings. The van der Waals surface area contributed by atoms with Gasteiger partial charge in [-0.25, -0.2) is 14.1 Å². The number of carbonyl (C=O) groups is 2. The van der Waals surface area contributed by atoms with Crippen molar-refractivity contribution in [1.82, 2.24) is 25.1 Å². The zero-order valence-electron chi connectivity index (χ0n) is 16.8. The first-order chi connectivity index (χ1) is 14.9. The van der Waals surface area contributed by atoms with Gasteiger partial charge in [0.1, 0.15) is 17.6 Å². The third kappa shape index (κ3) is 3.75. The van der Waals surface area contributed by atoms with Crippen LogP contribution in [0.4, 0.5) is 4.39 Å². The maximum Gasteiger partial charge on any atom is 0.270 e. The monoisotopic (exact) mass is 422 g/mol. The highest BCUT2D eigenvalue weighted by atomic mass is 19.1. The lowest BCUT2D eigenvalue weighted by Gasteiger charge is -2.14. The molecule has 1 unspecified atom stereocenters. The predicted molar refractivity (Wildman–Crippen MR) is 109 cm³/mol. The molecule has 4 rings (SSSR count). The number of fused-ring (bicyclic) bond motifs is 1. The van der Waals surface area contributed by atoms with Crippen LogP contribution in [-0.2, 0) is 0 Å². The van der Waals surface area contributed by atoms with E-state index in [1.54, 1.807) is 36.1 Å². The van der Waals surface area contributed by atoms with E-state index in [9.17, 15) is 14.0 Å². The summed E-state index contributed by atoms with van der Waals surface area (Å²) in [5.74, 6) is -0.968. The van der Waals surface area contributed by atoms with Gasteiger partial charge in [0.2, 0.25) is 5.89 Å². The van der Waals surface area contributed by atoms with Crippen molar-refractivity contribution >= 4 is 22.7 Å². The van der Waals surface area contributed by atoms with E-state index in [-0.39, 0.29) is 17.4 Å². The van der Waals surface area contributed by atoms with Gasteiger partial charge in [-0.05, 0) is 37.6 Å². The number of halogens is 1. The van der Waals surface area contributed by atoms with Crippen LogP contribution in [0.25, 0.3) is 16.6 Å². The van der Waals surface area contributed by atoms with Gasteiger partial charge >= 0.3 is 0 Å². The molecular weight excluding hydrogens is 403 g/mol. The molecule has 0 saturated heterocycles. The van der Waals surface area contributed by atoms with Gasteiger partial charge in [0.15, 0.2) is 5.69 Å². The Morgan fingerprint density at radius 1 is 1.23 bits per heavy atom. The van der Waals surface area contributed by atoms with Gasteiger partial charge in [0.05, 0.1) is 29.2 Å². The standard InChI is InChI=1S/C21H19FN6O3/c1-3-16(21-27-18(19(23)29)11(2)31-21)26-20(30)15-8-24-10-17-14(15)9-25-28(17)13-6-4-12(22)5-7-13/h4-10,16H,3H2,1-2H3,(H2,23,29)(H,26,30). The number of hydrogen-bond acceptors (Lipinski definition) is 6. The summed E-state index contributed by atoms with van der Waals surface area (Å²) in [5, 5.41) is 7.75. The number of benzene rings is 1. The third-order valence-electron chi connectivity index (χ3n) is 4.87. The molecule has 0 aliphatic rings. The molecule has 158 valence electrons. The number of aryl methyl sites for hydroxylation is 1. The van der Waals surface area contributed by atoms with Gasteiger partial charge < -0.3 is 15.5 Å². The van der Waals surface area contributed by atoms with Crippen LogP contribution in [0.3, 0.4) is 0 Å². The fraction of sp³-hybridized carbons (Fsp3) is 0.190. The second kappa shape index (κ2) is 7.98. The molecule has 0 aliphatic heterocycles. The zero-order chi connectivity index (χ0) is 22.1. The summed E-state index contributed by atoms with van der Waals surface area (Å²) >= 11 is 0. The predicted octanol–water partition coefficient (Wildman–Crippen LogP) is 2.84. The summed E-state index contributed by atoms with van der Waals surface area (Å²) in [6.07, 6.45) is 5.05. The van der Waals surface area contributed by atoms with Crippen LogP contribution in [0, 0.1) is 12.7 Å². The van der Waals surface area contributed by atoms with Crippen LogP contribution < -0.4 is 11.1 Å². The maximum atomic E-state index is 13.2. The van der Waals surface area contributed by atoms with Gasteiger partial charge in [-0.1, -0.05) is 6.92 Å². The second-order valence-electron chi connectivity index (χ2n) is 6.91. The lowest BCUT2D eigenvalue weighted by atomic mass is 10.1. The number of amides is 2. The van der Waals surface area contributed by atoms with Crippen molar-refractivity contribution in [2.24, 2.45) is 5.73 Å². The molecule has 0 bridgehead atoms. The van der Waals surface area contributed by atoms with Gasteiger partial charge in [-0.15, -0.1) is 0 Å². The van der Waals surface area contributed by atoms with E-state index in [0.717, 1.165) is 0 Å². The first kappa shape index (κ1) is 20.2. The molecule has 0 spiro atoms. The van der Waals surface area contributed by atoms with Crippen molar-refractivity contribution in [1.29, 1.82) is 0 Å². The topological polar surface area (TPSA) is 129 Å². The maximum absolute atomic E-state index is 13.2. The Morgan fingerprint density at radius 3 is 2.61 bits per heavy atom. The highest BCUT2D eigenvalue weighted by Gasteiger charge is 2.24. The van der Waals surface area contributed by atoms with Crippen LogP contribution in [0.2, 0.25) is 0 Å². The van der Waals surface area contributed by atoms with Gasteiger partial charge in [-0.3, -0.25) is 14.6 Å². The van der Waals surface area contributed by atoms with Gasteiger partial charge in [-0.2, -0.15) is 5.10 Å². The zero-order valence-corrected chi connectivity index (χ0v) is 16.8. The van der Waals surface area contributed by atoms with E-state index in [1.807, 2.05) is 6.92 Å². The Balaban J connectivity index is 1.65. The number of pyridine rings is 1. The van der Waals surface area contributed by atoms with Crippen LogP contribution in [0.5, 0.6) is 0 Å². The first-order valence-electron chi connectivity index (χ1n) is 9.54. The smallest absolute Gasteiger partial charge is 0.270 e.